The second-order valence-electron chi connectivity index (χ2n) is 14.4. The van der Waals surface area contributed by atoms with E-state index in [-0.39, 0.29) is 11.3 Å². The van der Waals surface area contributed by atoms with Gasteiger partial charge in [0.25, 0.3) is 0 Å². The molecule has 2 aromatic rings. The first-order valence-corrected chi connectivity index (χ1v) is 21.0. The van der Waals surface area contributed by atoms with Gasteiger partial charge in [0, 0.05) is 25.9 Å². The minimum atomic E-state index is -0.173. The van der Waals surface area contributed by atoms with Crippen molar-refractivity contribution < 1.29 is 9.59 Å². The number of unbranched alkanes of at least 4 members (excludes halogenated alkanes) is 9. The molecular formula is C44H82N4O2S. The molecule has 2 heterocycles. The molecule has 6 nitrogen and oxygen atoms in total. The SMILES string of the molecule is C=C.CC.CC1CCN(C(=O)CC(C)(C)C)C1.CCCC.CCCCc1ccc(-c2scnc2C)cc1.NCCCCCCCCCCC(N)=O. The normalized spacial score (nSPS) is 13.0. The molecule has 296 valence electrons. The van der Waals surface area contributed by atoms with Gasteiger partial charge in [-0.15, -0.1) is 24.5 Å². The van der Waals surface area contributed by atoms with Crippen LogP contribution >= 0.6 is 11.3 Å². The lowest BCUT2D eigenvalue weighted by Gasteiger charge is -2.22. The van der Waals surface area contributed by atoms with Gasteiger partial charge in [0.1, 0.15) is 0 Å². The van der Waals surface area contributed by atoms with Gasteiger partial charge in [0.15, 0.2) is 0 Å². The molecule has 1 aromatic carbocycles. The van der Waals surface area contributed by atoms with Gasteiger partial charge in [-0.2, -0.15) is 0 Å². The lowest BCUT2D eigenvalue weighted by Crippen LogP contribution is -2.31. The van der Waals surface area contributed by atoms with Gasteiger partial charge in [-0.1, -0.05) is 144 Å². The number of hydrogen-bond donors (Lipinski definition) is 2. The summed E-state index contributed by atoms with van der Waals surface area (Å²) in [6.45, 7) is 30.0. The summed E-state index contributed by atoms with van der Waals surface area (Å²) in [4.78, 5) is 29.7. The van der Waals surface area contributed by atoms with Crippen LogP contribution in [0.15, 0.2) is 42.9 Å². The summed E-state index contributed by atoms with van der Waals surface area (Å²) < 4.78 is 0. The molecule has 2 amide bonds. The highest BCUT2D eigenvalue weighted by Gasteiger charge is 2.26. The summed E-state index contributed by atoms with van der Waals surface area (Å²) in [5.41, 5.74) is 16.3. The first kappa shape index (κ1) is 52.8. The maximum Gasteiger partial charge on any atom is 0.223 e. The summed E-state index contributed by atoms with van der Waals surface area (Å²) in [5.74, 6) is 0.855. The van der Waals surface area contributed by atoms with E-state index < -0.39 is 0 Å². The van der Waals surface area contributed by atoms with Crippen molar-refractivity contribution in [2.24, 2.45) is 22.8 Å². The predicted octanol–water partition coefficient (Wildman–Crippen LogP) is 12.3. The molecule has 51 heavy (non-hydrogen) atoms. The smallest absolute Gasteiger partial charge is 0.223 e. The van der Waals surface area contributed by atoms with Gasteiger partial charge in [-0.05, 0) is 68.0 Å². The quantitative estimate of drug-likeness (QED) is 0.133. The Morgan fingerprint density at radius 1 is 0.882 bits per heavy atom. The fraction of sp³-hybridized carbons (Fsp3) is 0.705. The number of carbonyl (C=O) groups excluding carboxylic acids is 2. The molecular weight excluding hydrogens is 649 g/mol. The van der Waals surface area contributed by atoms with E-state index >= 15 is 0 Å². The molecule has 7 heteroatoms. The Kier molecular flexibility index (Phi) is 37.2. The van der Waals surface area contributed by atoms with Crippen molar-refractivity contribution >= 4 is 23.2 Å². The highest BCUT2D eigenvalue weighted by molar-refractivity contribution is 7.13. The van der Waals surface area contributed by atoms with E-state index in [9.17, 15) is 9.59 Å². The van der Waals surface area contributed by atoms with E-state index in [1.807, 2.05) is 24.3 Å². The minimum absolute atomic E-state index is 0.128. The van der Waals surface area contributed by atoms with Crippen LogP contribution in [0.5, 0.6) is 0 Å². The largest absolute Gasteiger partial charge is 0.370 e. The summed E-state index contributed by atoms with van der Waals surface area (Å²) in [6.07, 6.45) is 18.4. The number of carbonyl (C=O) groups is 2. The highest BCUT2D eigenvalue weighted by Crippen LogP contribution is 2.27. The Morgan fingerprint density at radius 2 is 1.41 bits per heavy atom. The number of hydrogen-bond acceptors (Lipinski definition) is 5. The van der Waals surface area contributed by atoms with Crippen molar-refractivity contribution in [2.75, 3.05) is 19.6 Å². The van der Waals surface area contributed by atoms with Crippen LogP contribution in [0.2, 0.25) is 0 Å². The lowest BCUT2D eigenvalue weighted by molar-refractivity contribution is -0.132. The van der Waals surface area contributed by atoms with Gasteiger partial charge >= 0.3 is 0 Å². The van der Waals surface area contributed by atoms with Gasteiger partial charge in [0.05, 0.1) is 16.1 Å². The summed E-state index contributed by atoms with van der Waals surface area (Å²) >= 11 is 1.72. The number of amides is 2. The molecule has 1 aliphatic rings. The third-order valence-electron chi connectivity index (χ3n) is 8.12. The van der Waals surface area contributed by atoms with Gasteiger partial charge in [0.2, 0.25) is 11.8 Å². The first-order chi connectivity index (χ1) is 24.4. The monoisotopic (exact) mass is 731 g/mol. The summed E-state index contributed by atoms with van der Waals surface area (Å²) in [5, 5.41) is 0. The number of nitrogens with two attached hydrogens (primary N) is 2. The number of thiazole rings is 1. The molecule has 0 spiro atoms. The molecule has 1 saturated heterocycles. The number of nitrogens with zero attached hydrogens (tertiary/aromatic N) is 2. The Morgan fingerprint density at radius 3 is 1.80 bits per heavy atom. The molecule has 3 rings (SSSR count). The Bertz CT molecular complexity index is 1060. The van der Waals surface area contributed by atoms with Crippen molar-refractivity contribution in [3.63, 3.8) is 0 Å². The number of aromatic nitrogens is 1. The third kappa shape index (κ3) is 31.9. The molecule has 1 unspecified atom stereocenters. The molecule has 0 radical (unpaired) electrons. The average molecular weight is 731 g/mol. The molecule has 4 N–H and O–H groups in total. The number of likely N-dealkylation sites (tertiary alicyclic amines) is 1. The lowest BCUT2D eigenvalue weighted by atomic mass is 9.92. The van der Waals surface area contributed by atoms with Crippen LogP contribution in [-0.2, 0) is 16.0 Å². The zero-order valence-corrected chi connectivity index (χ0v) is 35.9. The Labute approximate surface area is 320 Å². The maximum atomic E-state index is 11.7. The topological polar surface area (TPSA) is 102 Å². The summed E-state index contributed by atoms with van der Waals surface area (Å²) in [7, 11) is 0. The molecule has 1 atom stereocenters. The third-order valence-corrected chi connectivity index (χ3v) is 9.09. The maximum absolute atomic E-state index is 11.7. The van der Waals surface area contributed by atoms with Crippen LogP contribution in [0.25, 0.3) is 10.4 Å². The predicted molar refractivity (Wildman–Crippen MR) is 228 cm³/mol. The van der Waals surface area contributed by atoms with Crippen molar-refractivity contribution in [1.29, 1.82) is 0 Å². The number of benzene rings is 1. The molecule has 0 saturated carbocycles. The van der Waals surface area contributed by atoms with Crippen LogP contribution in [-0.4, -0.2) is 41.3 Å². The number of primary amides is 1. The molecule has 1 aliphatic heterocycles. The van der Waals surface area contributed by atoms with Gasteiger partial charge in [-0.25, -0.2) is 4.98 Å². The number of aryl methyl sites for hydroxylation is 2. The second kappa shape index (κ2) is 35.9. The zero-order chi connectivity index (χ0) is 39.5. The molecule has 0 bridgehead atoms. The van der Waals surface area contributed by atoms with Crippen molar-refractivity contribution in [3.8, 4) is 10.4 Å². The Hall–Kier alpha value is -2.51. The van der Waals surface area contributed by atoms with Crippen LogP contribution in [0, 0.1) is 18.3 Å². The van der Waals surface area contributed by atoms with Crippen LogP contribution in [0.1, 0.15) is 170 Å². The Balaban J connectivity index is -0.000000616. The summed E-state index contributed by atoms with van der Waals surface area (Å²) in [6, 6.07) is 8.91. The standard InChI is InChI=1S/C14H17NS.C11H24N2O.C11H21NO.C4H10.C2H6.C2H4/c1-3-4-5-12-6-8-13(9-7-12)14-11(2)15-10-16-14;12-10-8-6-4-2-1-3-5-7-9-11(13)14;1-9-5-6-12(8-9)10(13)7-11(2,3)4;1-3-4-2;2*1-2/h6-10H,3-5H2,1-2H3;1-10,12H2,(H2,13,14);9H,5-8H2,1-4H3;3-4H2,1-2H3;1-2H3;1-2H2. The van der Waals surface area contributed by atoms with E-state index in [0.29, 0.717) is 24.7 Å². The zero-order valence-electron chi connectivity index (χ0n) is 35.1. The van der Waals surface area contributed by atoms with Crippen LogP contribution in [0.3, 0.4) is 0 Å². The van der Waals surface area contributed by atoms with Gasteiger partial charge in [-0.3, -0.25) is 9.59 Å². The van der Waals surface area contributed by atoms with E-state index in [4.69, 9.17) is 11.5 Å². The van der Waals surface area contributed by atoms with E-state index in [1.54, 1.807) is 11.3 Å². The van der Waals surface area contributed by atoms with Crippen LogP contribution < -0.4 is 11.5 Å². The average Bonchev–Trinajstić information content (AvgIpc) is 3.76. The fourth-order valence-corrected chi connectivity index (χ4v) is 5.83. The van der Waals surface area contributed by atoms with E-state index in [2.05, 4.69) is 97.8 Å². The van der Waals surface area contributed by atoms with Crippen molar-refractivity contribution in [3.05, 3.63) is 54.2 Å². The van der Waals surface area contributed by atoms with Gasteiger partial charge < -0.3 is 16.4 Å². The van der Waals surface area contributed by atoms with Crippen LogP contribution in [0.4, 0.5) is 0 Å². The highest BCUT2D eigenvalue weighted by atomic mass is 32.1. The number of rotatable bonds is 16. The second-order valence-corrected chi connectivity index (χ2v) is 15.2. The molecule has 1 fully saturated rings. The molecule has 0 aliphatic carbocycles. The van der Waals surface area contributed by atoms with E-state index in [1.165, 1.54) is 86.6 Å². The van der Waals surface area contributed by atoms with Crippen molar-refractivity contribution in [2.45, 2.75) is 172 Å². The molecule has 1 aromatic heterocycles. The fourth-order valence-electron chi connectivity index (χ4n) is 5.01. The minimum Gasteiger partial charge on any atom is -0.370 e. The first-order valence-electron chi connectivity index (χ1n) is 20.1. The van der Waals surface area contributed by atoms with E-state index in [0.717, 1.165) is 44.6 Å². The van der Waals surface area contributed by atoms with Crippen molar-refractivity contribution in [1.82, 2.24) is 9.88 Å².